The third kappa shape index (κ3) is 3.84. The number of hydrogen-bond acceptors (Lipinski definition) is 4. The van der Waals surface area contributed by atoms with Gasteiger partial charge in [0.1, 0.15) is 4.21 Å². The van der Waals surface area contributed by atoms with Crippen LogP contribution in [0.15, 0.2) is 90.6 Å². The van der Waals surface area contributed by atoms with Gasteiger partial charge in [-0.25, -0.2) is 0 Å². The van der Waals surface area contributed by atoms with E-state index in [2.05, 4.69) is 20.3 Å². The molecule has 8 heteroatoms. The van der Waals surface area contributed by atoms with E-state index >= 15 is 0 Å². The van der Waals surface area contributed by atoms with Crippen LogP contribution in [0.2, 0.25) is 0 Å². The Morgan fingerprint density at radius 3 is 2.30 bits per heavy atom. The van der Waals surface area contributed by atoms with Gasteiger partial charge >= 0.3 is 0 Å². The van der Waals surface area contributed by atoms with E-state index in [1.807, 2.05) is 64.5 Å². The Morgan fingerprint density at radius 2 is 1.63 bits per heavy atom. The van der Waals surface area contributed by atoms with Gasteiger partial charge in [-0.1, -0.05) is 52.3 Å². The van der Waals surface area contributed by atoms with Gasteiger partial charge in [0.15, 0.2) is 0 Å². The summed E-state index contributed by atoms with van der Waals surface area (Å²) < 4.78 is 32.6. The van der Waals surface area contributed by atoms with Gasteiger partial charge < -0.3 is 0 Å². The number of rotatable bonds is 4. The molecule has 0 aliphatic heterocycles. The molecule has 2 aromatic heterocycles. The van der Waals surface area contributed by atoms with E-state index in [0.717, 1.165) is 32.8 Å². The monoisotopic (exact) mass is 476 g/mol. The van der Waals surface area contributed by atoms with Gasteiger partial charge in [-0.15, -0.1) is 27.1 Å². The molecule has 0 saturated heterocycles. The van der Waals surface area contributed by atoms with Gasteiger partial charge in [-0.2, -0.15) is 8.42 Å². The standard InChI is InChI=1S/C19H13BrN2O2S3/c20-15-10-8-14(9-11-15)17-13-26-19(22(17)16-5-2-1-3-6-16)21-27(23,24)18-7-4-12-25-18/h1-13H. The van der Waals surface area contributed by atoms with Gasteiger partial charge in [0.05, 0.1) is 5.69 Å². The zero-order chi connectivity index (χ0) is 18.9. The van der Waals surface area contributed by atoms with Crippen LogP contribution in [0.4, 0.5) is 0 Å². The number of thiophene rings is 1. The highest BCUT2D eigenvalue weighted by Gasteiger charge is 2.16. The molecular weight excluding hydrogens is 464 g/mol. The Bertz CT molecular complexity index is 1220. The summed E-state index contributed by atoms with van der Waals surface area (Å²) in [7, 11) is -3.75. The van der Waals surface area contributed by atoms with Crippen LogP contribution >= 0.6 is 38.6 Å². The molecule has 0 unspecified atom stereocenters. The van der Waals surface area contributed by atoms with Crippen LogP contribution in [0.5, 0.6) is 0 Å². The van der Waals surface area contributed by atoms with Crippen molar-refractivity contribution in [3.63, 3.8) is 0 Å². The van der Waals surface area contributed by atoms with Gasteiger partial charge in [-0.3, -0.25) is 4.57 Å². The first-order valence-electron chi connectivity index (χ1n) is 7.91. The molecule has 136 valence electrons. The molecule has 0 amide bonds. The van der Waals surface area contributed by atoms with E-state index in [9.17, 15) is 8.42 Å². The first kappa shape index (κ1) is 18.4. The summed E-state index contributed by atoms with van der Waals surface area (Å²) in [5.41, 5.74) is 2.73. The molecule has 4 rings (SSSR count). The maximum atomic E-state index is 12.7. The van der Waals surface area contributed by atoms with Crippen molar-refractivity contribution in [3.8, 4) is 16.9 Å². The fourth-order valence-electron chi connectivity index (χ4n) is 2.58. The van der Waals surface area contributed by atoms with Crippen LogP contribution in [-0.4, -0.2) is 13.0 Å². The SMILES string of the molecule is O=S(=O)(N=c1scc(-c2ccc(Br)cc2)n1-c1ccccc1)c1cccs1. The van der Waals surface area contributed by atoms with E-state index in [4.69, 9.17) is 0 Å². The number of sulfonamides is 1. The largest absolute Gasteiger partial charge is 0.294 e. The maximum Gasteiger partial charge on any atom is 0.294 e. The normalized spacial score (nSPS) is 12.4. The fraction of sp³-hybridized carbons (Fsp3) is 0. The molecule has 0 N–H and O–H groups in total. The minimum Gasteiger partial charge on any atom is -0.284 e. The highest BCUT2D eigenvalue weighted by atomic mass is 79.9. The average Bonchev–Trinajstić information content (AvgIpc) is 3.33. The van der Waals surface area contributed by atoms with E-state index in [0.29, 0.717) is 4.80 Å². The number of para-hydroxylation sites is 1. The summed E-state index contributed by atoms with van der Waals surface area (Å²) >= 11 is 5.92. The summed E-state index contributed by atoms with van der Waals surface area (Å²) in [5, 5.41) is 3.66. The molecule has 0 fully saturated rings. The smallest absolute Gasteiger partial charge is 0.284 e. The van der Waals surface area contributed by atoms with Crippen LogP contribution in [0, 0.1) is 0 Å². The van der Waals surface area contributed by atoms with E-state index < -0.39 is 10.0 Å². The summed E-state index contributed by atoms with van der Waals surface area (Å²) in [6.45, 7) is 0. The second-order valence-corrected chi connectivity index (χ2v) is 10.1. The third-order valence-corrected chi connectivity index (χ3v) is 7.92. The molecule has 0 bridgehead atoms. The lowest BCUT2D eigenvalue weighted by atomic mass is 10.1. The van der Waals surface area contributed by atoms with E-state index in [1.165, 1.54) is 11.3 Å². The molecule has 2 heterocycles. The quantitative estimate of drug-likeness (QED) is 0.400. The van der Waals surface area contributed by atoms with Crippen LogP contribution in [-0.2, 0) is 10.0 Å². The summed E-state index contributed by atoms with van der Waals surface area (Å²) in [6, 6.07) is 20.8. The molecular formula is C19H13BrN2O2S3. The number of aromatic nitrogens is 1. The van der Waals surface area contributed by atoms with Crippen LogP contribution < -0.4 is 4.80 Å². The molecule has 4 nitrogen and oxygen atoms in total. The summed E-state index contributed by atoms with van der Waals surface area (Å²) in [6.07, 6.45) is 0. The van der Waals surface area contributed by atoms with Crippen molar-refractivity contribution in [1.29, 1.82) is 0 Å². The fourth-order valence-corrected chi connectivity index (χ4v) is 5.92. The van der Waals surface area contributed by atoms with Crippen molar-refractivity contribution in [2.24, 2.45) is 4.40 Å². The highest BCUT2D eigenvalue weighted by molar-refractivity contribution is 9.10. The maximum absolute atomic E-state index is 12.7. The molecule has 0 radical (unpaired) electrons. The van der Waals surface area contributed by atoms with Gasteiger partial charge in [-0.05, 0) is 41.3 Å². The van der Waals surface area contributed by atoms with Crippen LogP contribution in [0.1, 0.15) is 0 Å². The van der Waals surface area contributed by atoms with Crippen molar-refractivity contribution in [1.82, 2.24) is 4.57 Å². The minimum absolute atomic E-state index is 0.237. The van der Waals surface area contributed by atoms with Gasteiger partial charge in [0.2, 0.25) is 4.80 Å². The lowest BCUT2D eigenvalue weighted by Crippen LogP contribution is -2.16. The first-order chi connectivity index (χ1) is 13.0. The Morgan fingerprint density at radius 1 is 0.889 bits per heavy atom. The molecule has 0 atom stereocenters. The second-order valence-electron chi connectivity index (χ2n) is 5.58. The van der Waals surface area contributed by atoms with Gasteiger partial charge in [0.25, 0.3) is 10.0 Å². The predicted molar refractivity (Wildman–Crippen MR) is 114 cm³/mol. The summed E-state index contributed by atoms with van der Waals surface area (Å²) in [4.78, 5) is 0.410. The third-order valence-electron chi connectivity index (χ3n) is 3.81. The molecule has 0 aliphatic rings. The number of benzene rings is 2. The Hall–Kier alpha value is -2.00. The van der Waals surface area contributed by atoms with Crippen molar-refractivity contribution < 1.29 is 8.42 Å². The van der Waals surface area contributed by atoms with Crippen LogP contribution in [0.25, 0.3) is 16.9 Å². The van der Waals surface area contributed by atoms with E-state index in [1.54, 1.807) is 17.5 Å². The molecule has 0 saturated carbocycles. The highest BCUT2D eigenvalue weighted by Crippen LogP contribution is 2.26. The molecule has 0 spiro atoms. The Balaban J connectivity index is 1.96. The average molecular weight is 477 g/mol. The Kier molecular flexibility index (Phi) is 5.14. The lowest BCUT2D eigenvalue weighted by molar-refractivity contribution is 0.598. The topological polar surface area (TPSA) is 51.4 Å². The first-order valence-corrected chi connectivity index (χ1v) is 11.9. The van der Waals surface area contributed by atoms with Crippen molar-refractivity contribution in [2.75, 3.05) is 0 Å². The predicted octanol–water partition coefficient (Wildman–Crippen LogP) is 5.32. The molecule has 2 aromatic carbocycles. The van der Waals surface area contributed by atoms with Crippen molar-refractivity contribution in [3.05, 3.63) is 86.8 Å². The number of halogens is 1. The minimum atomic E-state index is -3.75. The zero-order valence-corrected chi connectivity index (χ0v) is 17.9. The second kappa shape index (κ2) is 7.55. The lowest BCUT2D eigenvalue weighted by Gasteiger charge is -2.09. The van der Waals surface area contributed by atoms with Crippen molar-refractivity contribution in [2.45, 2.75) is 4.21 Å². The molecule has 4 aromatic rings. The van der Waals surface area contributed by atoms with E-state index in [-0.39, 0.29) is 4.21 Å². The van der Waals surface area contributed by atoms with Crippen LogP contribution in [0.3, 0.4) is 0 Å². The number of thiazole rings is 1. The van der Waals surface area contributed by atoms with Gasteiger partial charge in [0, 0.05) is 15.5 Å². The molecule has 0 aliphatic carbocycles. The van der Waals surface area contributed by atoms with Crippen molar-refractivity contribution >= 4 is 48.6 Å². The molecule has 27 heavy (non-hydrogen) atoms. The number of nitrogens with zero attached hydrogens (tertiary/aromatic N) is 2. The Labute approximate surface area is 173 Å². The number of hydrogen-bond donors (Lipinski definition) is 0. The zero-order valence-electron chi connectivity index (χ0n) is 13.8. The summed E-state index contributed by atoms with van der Waals surface area (Å²) in [5.74, 6) is 0.